The zero-order chi connectivity index (χ0) is 15.0. The molecule has 1 aromatic rings. The highest BCUT2D eigenvalue weighted by molar-refractivity contribution is 5.84. The van der Waals surface area contributed by atoms with E-state index in [1.165, 1.54) is 0 Å². The zero-order valence-electron chi connectivity index (χ0n) is 11.8. The van der Waals surface area contributed by atoms with Crippen LogP contribution in [0.3, 0.4) is 0 Å². The lowest BCUT2D eigenvalue weighted by molar-refractivity contribution is -0.142. The van der Waals surface area contributed by atoms with Crippen molar-refractivity contribution in [2.75, 3.05) is 6.61 Å². The maximum atomic E-state index is 11.7. The summed E-state index contributed by atoms with van der Waals surface area (Å²) >= 11 is 0. The standard InChI is InChI=1S/C15H21NO4/c1-3-11(2)20-10-14(17)16-13(15(18)19)9-12-7-5-4-6-8-12/h4-8,11,13H,3,9-10H2,1-2H3,(H,16,17)(H,18,19)/t11?,13-/m0/s1. The highest BCUT2D eigenvalue weighted by Crippen LogP contribution is 2.04. The Morgan fingerprint density at radius 2 is 1.95 bits per heavy atom. The van der Waals surface area contributed by atoms with Crippen LogP contribution in [-0.2, 0) is 20.7 Å². The molecule has 2 atom stereocenters. The molecule has 0 radical (unpaired) electrons. The molecule has 0 bridgehead atoms. The van der Waals surface area contributed by atoms with Crippen LogP contribution in [-0.4, -0.2) is 35.7 Å². The average molecular weight is 279 g/mol. The molecule has 0 aliphatic rings. The van der Waals surface area contributed by atoms with E-state index in [0.717, 1.165) is 12.0 Å². The van der Waals surface area contributed by atoms with Gasteiger partial charge in [-0.15, -0.1) is 0 Å². The van der Waals surface area contributed by atoms with Gasteiger partial charge in [0, 0.05) is 6.42 Å². The number of nitrogens with one attached hydrogen (secondary N) is 1. The van der Waals surface area contributed by atoms with Crippen LogP contribution in [0.25, 0.3) is 0 Å². The Kier molecular flexibility index (Phi) is 6.73. The second-order valence-corrected chi connectivity index (χ2v) is 4.68. The number of carbonyl (C=O) groups is 2. The molecule has 5 nitrogen and oxygen atoms in total. The van der Waals surface area contributed by atoms with Crippen molar-refractivity contribution in [2.45, 2.75) is 38.8 Å². The number of amides is 1. The van der Waals surface area contributed by atoms with Gasteiger partial charge in [0.2, 0.25) is 5.91 Å². The minimum absolute atomic E-state index is 0.0156. The third-order valence-corrected chi connectivity index (χ3v) is 2.99. The van der Waals surface area contributed by atoms with E-state index in [9.17, 15) is 9.59 Å². The van der Waals surface area contributed by atoms with Crippen LogP contribution in [0.2, 0.25) is 0 Å². The monoisotopic (exact) mass is 279 g/mol. The van der Waals surface area contributed by atoms with E-state index in [1.54, 1.807) is 0 Å². The summed E-state index contributed by atoms with van der Waals surface area (Å²) in [5, 5.41) is 11.6. The van der Waals surface area contributed by atoms with Crippen molar-refractivity contribution in [3.8, 4) is 0 Å². The third-order valence-electron chi connectivity index (χ3n) is 2.99. The van der Waals surface area contributed by atoms with Crippen molar-refractivity contribution in [1.29, 1.82) is 0 Å². The van der Waals surface area contributed by atoms with Gasteiger partial charge in [0.15, 0.2) is 0 Å². The maximum Gasteiger partial charge on any atom is 0.326 e. The van der Waals surface area contributed by atoms with E-state index in [4.69, 9.17) is 9.84 Å². The first-order valence-corrected chi connectivity index (χ1v) is 6.70. The number of carboxylic acid groups (broad SMARTS) is 1. The number of rotatable bonds is 8. The fraction of sp³-hybridized carbons (Fsp3) is 0.467. The molecule has 0 aromatic heterocycles. The number of hydrogen-bond acceptors (Lipinski definition) is 3. The minimum Gasteiger partial charge on any atom is -0.480 e. The van der Waals surface area contributed by atoms with Crippen LogP contribution in [0.15, 0.2) is 30.3 Å². The van der Waals surface area contributed by atoms with E-state index < -0.39 is 17.9 Å². The van der Waals surface area contributed by atoms with E-state index in [1.807, 2.05) is 44.2 Å². The quantitative estimate of drug-likeness (QED) is 0.758. The summed E-state index contributed by atoms with van der Waals surface area (Å²) < 4.78 is 5.28. The zero-order valence-corrected chi connectivity index (χ0v) is 11.8. The fourth-order valence-electron chi connectivity index (χ4n) is 1.62. The van der Waals surface area contributed by atoms with Crippen LogP contribution in [0.5, 0.6) is 0 Å². The van der Waals surface area contributed by atoms with Crippen LogP contribution in [0, 0.1) is 0 Å². The van der Waals surface area contributed by atoms with Gasteiger partial charge in [0.05, 0.1) is 6.10 Å². The molecular weight excluding hydrogens is 258 g/mol. The van der Waals surface area contributed by atoms with Gasteiger partial charge in [-0.25, -0.2) is 4.79 Å². The molecule has 1 unspecified atom stereocenters. The highest BCUT2D eigenvalue weighted by Gasteiger charge is 2.20. The molecule has 0 aliphatic heterocycles. The molecule has 2 N–H and O–H groups in total. The Labute approximate surface area is 118 Å². The largest absolute Gasteiger partial charge is 0.480 e. The van der Waals surface area contributed by atoms with Crippen molar-refractivity contribution >= 4 is 11.9 Å². The molecule has 0 saturated carbocycles. The number of hydrogen-bond donors (Lipinski definition) is 2. The van der Waals surface area contributed by atoms with Crippen molar-refractivity contribution in [1.82, 2.24) is 5.32 Å². The normalized spacial score (nSPS) is 13.5. The Bertz CT molecular complexity index is 433. The molecule has 1 rings (SSSR count). The summed E-state index contributed by atoms with van der Waals surface area (Å²) in [7, 11) is 0. The fourth-order valence-corrected chi connectivity index (χ4v) is 1.62. The van der Waals surface area contributed by atoms with Gasteiger partial charge in [-0.3, -0.25) is 4.79 Å². The number of carboxylic acids is 1. The minimum atomic E-state index is -1.05. The van der Waals surface area contributed by atoms with E-state index in [0.29, 0.717) is 0 Å². The van der Waals surface area contributed by atoms with E-state index in [-0.39, 0.29) is 19.1 Å². The van der Waals surface area contributed by atoms with Gasteiger partial charge in [-0.1, -0.05) is 37.3 Å². The summed E-state index contributed by atoms with van der Waals surface area (Å²) in [5.41, 5.74) is 0.864. The lowest BCUT2D eigenvalue weighted by Gasteiger charge is -2.16. The van der Waals surface area contributed by atoms with Gasteiger partial charge in [-0.2, -0.15) is 0 Å². The molecule has 0 heterocycles. The Hall–Kier alpha value is -1.88. The first-order valence-electron chi connectivity index (χ1n) is 6.70. The summed E-state index contributed by atoms with van der Waals surface area (Å²) in [6.45, 7) is 3.71. The van der Waals surface area contributed by atoms with Gasteiger partial charge >= 0.3 is 5.97 Å². The molecule has 1 amide bonds. The second kappa shape index (κ2) is 8.32. The Morgan fingerprint density at radius 1 is 1.30 bits per heavy atom. The summed E-state index contributed by atoms with van der Waals surface area (Å²) in [5.74, 6) is -1.46. The lowest BCUT2D eigenvalue weighted by atomic mass is 10.1. The second-order valence-electron chi connectivity index (χ2n) is 4.68. The molecular formula is C15H21NO4. The van der Waals surface area contributed by atoms with Gasteiger partial charge in [0.1, 0.15) is 12.6 Å². The number of aliphatic carboxylic acids is 1. The van der Waals surface area contributed by atoms with Crippen molar-refractivity contribution in [3.63, 3.8) is 0 Å². The predicted molar refractivity (Wildman–Crippen MR) is 75.4 cm³/mol. The van der Waals surface area contributed by atoms with Gasteiger partial charge < -0.3 is 15.2 Å². The summed E-state index contributed by atoms with van der Waals surface area (Å²) in [6.07, 6.45) is 1.04. The molecule has 0 fully saturated rings. The number of benzene rings is 1. The number of carbonyl (C=O) groups excluding carboxylic acids is 1. The first kappa shape index (κ1) is 16.2. The molecule has 5 heteroatoms. The molecule has 110 valence electrons. The maximum absolute atomic E-state index is 11.7. The Balaban J connectivity index is 2.51. The van der Waals surface area contributed by atoms with Crippen LogP contribution in [0.4, 0.5) is 0 Å². The topological polar surface area (TPSA) is 75.6 Å². The summed E-state index contributed by atoms with van der Waals surface area (Å²) in [4.78, 5) is 22.8. The average Bonchev–Trinajstić information content (AvgIpc) is 2.45. The molecule has 0 saturated heterocycles. The van der Waals surface area contributed by atoms with E-state index in [2.05, 4.69) is 5.32 Å². The van der Waals surface area contributed by atoms with Crippen molar-refractivity contribution in [3.05, 3.63) is 35.9 Å². The van der Waals surface area contributed by atoms with Crippen molar-refractivity contribution < 1.29 is 19.4 Å². The molecule has 1 aromatic carbocycles. The van der Waals surface area contributed by atoms with Gasteiger partial charge in [0.25, 0.3) is 0 Å². The third kappa shape index (κ3) is 5.84. The predicted octanol–water partition coefficient (Wildman–Crippen LogP) is 1.61. The van der Waals surface area contributed by atoms with Crippen LogP contribution in [0.1, 0.15) is 25.8 Å². The van der Waals surface area contributed by atoms with Crippen LogP contribution < -0.4 is 5.32 Å². The summed E-state index contributed by atoms with van der Waals surface area (Å²) in [6, 6.07) is 8.25. The lowest BCUT2D eigenvalue weighted by Crippen LogP contribution is -2.44. The Morgan fingerprint density at radius 3 is 2.50 bits per heavy atom. The SMILES string of the molecule is CCC(C)OCC(=O)N[C@@H](Cc1ccccc1)C(=O)O. The highest BCUT2D eigenvalue weighted by atomic mass is 16.5. The molecule has 0 spiro atoms. The first-order chi connectivity index (χ1) is 9.52. The number of ether oxygens (including phenoxy) is 1. The van der Waals surface area contributed by atoms with E-state index >= 15 is 0 Å². The van der Waals surface area contributed by atoms with Crippen LogP contribution >= 0.6 is 0 Å². The van der Waals surface area contributed by atoms with Gasteiger partial charge in [-0.05, 0) is 18.9 Å². The smallest absolute Gasteiger partial charge is 0.326 e. The molecule has 0 aliphatic carbocycles. The molecule has 20 heavy (non-hydrogen) atoms. The van der Waals surface area contributed by atoms with Crippen molar-refractivity contribution in [2.24, 2.45) is 0 Å².